The van der Waals surface area contributed by atoms with Gasteiger partial charge >= 0.3 is 5.97 Å². The Morgan fingerprint density at radius 2 is 2.00 bits per heavy atom. The molecule has 108 valence electrons. The molecule has 0 saturated carbocycles. The van der Waals surface area contributed by atoms with Crippen molar-refractivity contribution in [3.63, 3.8) is 0 Å². The molecule has 0 radical (unpaired) electrons. The molecule has 0 aliphatic carbocycles. The maximum absolute atomic E-state index is 12.3. The minimum atomic E-state index is -3.81. The molecule has 0 saturated heterocycles. The molecule has 0 aliphatic heterocycles. The Morgan fingerprint density at radius 1 is 1.37 bits per heavy atom. The van der Waals surface area contributed by atoms with E-state index in [1.807, 2.05) is 0 Å². The van der Waals surface area contributed by atoms with E-state index in [1.165, 1.54) is 12.1 Å². The topological polar surface area (TPSA) is 77.9 Å². The molecular weight excluding hydrogens is 312 g/mol. The van der Waals surface area contributed by atoms with E-state index < -0.39 is 22.5 Å². The fourth-order valence-corrected chi connectivity index (χ4v) is 4.33. The van der Waals surface area contributed by atoms with Crippen molar-refractivity contribution in [3.05, 3.63) is 16.5 Å². The average molecular weight is 327 g/mol. The van der Waals surface area contributed by atoms with Crippen molar-refractivity contribution in [3.8, 4) is 0 Å². The fraction of sp³-hybridized carbons (Fsp3) is 0.500. The van der Waals surface area contributed by atoms with Gasteiger partial charge in [0.25, 0.3) is 10.0 Å². The number of sulfonamides is 1. The molecule has 0 fully saturated rings. The first-order valence-electron chi connectivity index (χ1n) is 5.35. The number of carbonyl (C=O) groups is 1. The molecule has 1 N–H and O–H groups in total. The van der Waals surface area contributed by atoms with Crippen molar-refractivity contribution in [2.45, 2.75) is 4.21 Å². The Morgan fingerprint density at radius 3 is 2.42 bits per heavy atom. The molecule has 0 unspecified atom stereocenters. The van der Waals surface area contributed by atoms with Crippen molar-refractivity contribution in [1.82, 2.24) is 9.21 Å². The smallest absolute Gasteiger partial charge is 0.318 e. The summed E-state index contributed by atoms with van der Waals surface area (Å²) in [5.41, 5.74) is 0. The van der Waals surface area contributed by atoms with Gasteiger partial charge in [-0.05, 0) is 26.2 Å². The third-order valence-corrected chi connectivity index (χ3v) is 5.79. The second-order valence-electron chi connectivity index (χ2n) is 4.09. The summed E-state index contributed by atoms with van der Waals surface area (Å²) in [6.07, 6.45) is 0. The van der Waals surface area contributed by atoms with Crippen LogP contribution in [0.2, 0.25) is 4.34 Å². The molecule has 6 nitrogen and oxygen atoms in total. The maximum atomic E-state index is 12.3. The predicted molar refractivity (Wildman–Crippen MR) is 74.3 cm³/mol. The molecule has 1 rings (SSSR count). The molecule has 1 aromatic rings. The molecule has 0 spiro atoms. The van der Waals surface area contributed by atoms with Crippen molar-refractivity contribution in [2.75, 3.05) is 33.7 Å². The van der Waals surface area contributed by atoms with Crippen LogP contribution in [-0.2, 0) is 14.8 Å². The third kappa shape index (κ3) is 4.73. The van der Waals surface area contributed by atoms with E-state index in [9.17, 15) is 13.2 Å². The van der Waals surface area contributed by atoms with Crippen molar-refractivity contribution >= 4 is 38.9 Å². The van der Waals surface area contributed by atoms with Crippen LogP contribution in [0.4, 0.5) is 0 Å². The largest absolute Gasteiger partial charge is 0.480 e. The lowest BCUT2D eigenvalue weighted by Gasteiger charge is -2.21. The lowest BCUT2D eigenvalue weighted by atomic mass is 10.5. The standard InChI is InChI=1S/C10H15ClN2O4S2/c1-12(2)5-6-13(7-9(14)15)19(16,17)10-4-3-8(11)18-10/h3-4H,5-7H2,1-2H3,(H,14,15). The monoisotopic (exact) mass is 326 g/mol. The molecule has 0 amide bonds. The summed E-state index contributed by atoms with van der Waals surface area (Å²) in [6, 6.07) is 2.86. The quantitative estimate of drug-likeness (QED) is 0.810. The predicted octanol–water partition coefficient (Wildman–Crippen LogP) is 1.04. The highest BCUT2D eigenvalue weighted by atomic mass is 35.5. The minimum absolute atomic E-state index is 0.0532. The molecule has 0 atom stereocenters. The van der Waals surface area contributed by atoms with E-state index in [0.29, 0.717) is 10.9 Å². The first-order chi connectivity index (χ1) is 8.73. The number of hydrogen-bond acceptors (Lipinski definition) is 5. The van der Waals surface area contributed by atoms with Gasteiger partial charge in [0, 0.05) is 13.1 Å². The minimum Gasteiger partial charge on any atom is -0.480 e. The SMILES string of the molecule is CN(C)CCN(CC(=O)O)S(=O)(=O)c1ccc(Cl)s1. The third-order valence-electron chi connectivity index (χ3n) is 2.25. The number of thiophene rings is 1. The Balaban J connectivity index is 2.98. The van der Waals surface area contributed by atoms with Gasteiger partial charge < -0.3 is 10.0 Å². The van der Waals surface area contributed by atoms with Crippen LogP contribution >= 0.6 is 22.9 Å². The van der Waals surface area contributed by atoms with Crippen LogP contribution in [0.1, 0.15) is 0 Å². The highest BCUT2D eigenvalue weighted by Crippen LogP contribution is 2.27. The Kier molecular flexibility index (Phi) is 5.75. The van der Waals surface area contributed by atoms with Gasteiger partial charge in [-0.25, -0.2) is 8.42 Å². The first kappa shape index (κ1) is 16.4. The van der Waals surface area contributed by atoms with Crippen LogP contribution in [-0.4, -0.2) is 62.4 Å². The first-order valence-corrected chi connectivity index (χ1v) is 7.99. The number of carboxylic acids is 1. The number of halogens is 1. The van der Waals surface area contributed by atoms with Crippen molar-refractivity contribution < 1.29 is 18.3 Å². The average Bonchev–Trinajstić information content (AvgIpc) is 2.70. The van der Waals surface area contributed by atoms with Gasteiger partial charge in [0.2, 0.25) is 0 Å². The van der Waals surface area contributed by atoms with Crippen molar-refractivity contribution in [1.29, 1.82) is 0 Å². The number of aliphatic carboxylic acids is 1. The molecule has 0 aliphatic rings. The lowest BCUT2D eigenvalue weighted by molar-refractivity contribution is -0.137. The van der Waals surface area contributed by atoms with E-state index in [-0.39, 0.29) is 10.8 Å². The second kappa shape index (κ2) is 6.67. The van der Waals surface area contributed by atoms with Gasteiger partial charge in [0.1, 0.15) is 10.8 Å². The van der Waals surface area contributed by atoms with E-state index in [2.05, 4.69) is 0 Å². The number of likely N-dealkylation sites (N-methyl/N-ethyl adjacent to an activating group) is 1. The highest BCUT2D eigenvalue weighted by Gasteiger charge is 2.27. The Hall–Kier alpha value is -0.670. The van der Waals surface area contributed by atoms with Crippen LogP contribution in [0.3, 0.4) is 0 Å². The van der Waals surface area contributed by atoms with Gasteiger partial charge in [-0.1, -0.05) is 11.6 Å². The summed E-state index contributed by atoms with van der Waals surface area (Å²) < 4.78 is 25.9. The normalized spacial score (nSPS) is 12.3. The van der Waals surface area contributed by atoms with Crippen LogP contribution < -0.4 is 0 Å². The van der Waals surface area contributed by atoms with E-state index in [4.69, 9.17) is 16.7 Å². The number of rotatable bonds is 7. The molecule has 9 heteroatoms. The van der Waals surface area contributed by atoms with Gasteiger partial charge in [-0.2, -0.15) is 4.31 Å². The van der Waals surface area contributed by atoms with Gasteiger partial charge in [-0.15, -0.1) is 11.3 Å². The van der Waals surface area contributed by atoms with Gasteiger partial charge in [-0.3, -0.25) is 4.79 Å². The summed E-state index contributed by atoms with van der Waals surface area (Å²) in [5, 5.41) is 8.82. The van der Waals surface area contributed by atoms with Crippen LogP contribution in [0.5, 0.6) is 0 Å². The molecule has 0 bridgehead atoms. The van der Waals surface area contributed by atoms with Crippen LogP contribution in [0.15, 0.2) is 16.3 Å². The summed E-state index contributed by atoms with van der Waals surface area (Å²) in [5.74, 6) is -1.19. The molecule has 19 heavy (non-hydrogen) atoms. The summed E-state index contributed by atoms with van der Waals surface area (Å²) in [6.45, 7) is -0.0194. The van der Waals surface area contributed by atoms with E-state index >= 15 is 0 Å². The van der Waals surface area contributed by atoms with Crippen LogP contribution in [0.25, 0.3) is 0 Å². The Labute approximate surface area is 121 Å². The van der Waals surface area contributed by atoms with Crippen LogP contribution in [0, 0.1) is 0 Å². The number of carboxylic acid groups (broad SMARTS) is 1. The summed E-state index contributed by atoms with van der Waals surface area (Å²) in [4.78, 5) is 12.6. The van der Waals surface area contributed by atoms with Crippen molar-refractivity contribution in [2.24, 2.45) is 0 Å². The molecule has 1 aromatic heterocycles. The maximum Gasteiger partial charge on any atom is 0.318 e. The van der Waals surface area contributed by atoms with E-state index in [1.54, 1.807) is 19.0 Å². The number of hydrogen-bond donors (Lipinski definition) is 1. The zero-order chi connectivity index (χ0) is 14.6. The number of nitrogens with zero attached hydrogens (tertiary/aromatic N) is 2. The fourth-order valence-electron chi connectivity index (χ4n) is 1.31. The van der Waals surface area contributed by atoms with Gasteiger partial charge in [0.15, 0.2) is 0 Å². The zero-order valence-corrected chi connectivity index (χ0v) is 12.9. The zero-order valence-electron chi connectivity index (χ0n) is 10.5. The Bertz CT molecular complexity index is 541. The molecule has 1 heterocycles. The summed E-state index contributed by atoms with van der Waals surface area (Å²) in [7, 11) is -0.240. The molecule has 0 aromatic carbocycles. The molecular formula is C10H15ClN2O4S2. The highest BCUT2D eigenvalue weighted by molar-refractivity contribution is 7.91. The van der Waals surface area contributed by atoms with Gasteiger partial charge in [0.05, 0.1) is 4.34 Å². The lowest BCUT2D eigenvalue weighted by Crippen LogP contribution is -2.39. The summed E-state index contributed by atoms with van der Waals surface area (Å²) >= 11 is 6.63. The second-order valence-corrected chi connectivity index (χ2v) is 7.97. The van der Waals surface area contributed by atoms with E-state index in [0.717, 1.165) is 15.6 Å².